The Labute approximate surface area is 118 Å². The molecule has 8 heteroatoms. The summed E-state index contributed by atoms with van der Waals surface area (Å²) in [4.78, 5) is 16.1. The maximum absolute atomic E-state index is 11.9. The number of nitrogens with zero attached hydrogens (tertiary/aromatic N) is 3. The molecule has 0 bridgehead atoms. The number of oxazole rings is 1. The number of aromatic nitrogens is 3. The van der Waals surface area contributed by atoms with E-state index in [0.29, 0.717) is 22.9 Å². The molecule has 20 heavy (non-hydrogen) atoms. The molecule has 0 spiro atoms. The van der Waals surface area contributed by atoms with Gasteiger partial charge in [-0.05, 0) is 25.7 Å². The summed E-state index contributed by atoms with van der Waals surface area (Å²) in [5, 5.41) is 9.69. The molecule has 2 aromatic heterocycles. The first-order chi connectivity index (χ1) is 9.79. The van der Waals surface area contributed by atoms with Crippen LogP contribution in [0.15, 0.2) is 10.7 Å². The Morgan fingerprint density at radius 2 is 2.05 bits per heavy atom. The van der Waals surface area contributed by atoms with Gasteiger partial charge >= 0.3 is 0 Å². The van der Waals surface area contributed by atoms with Gasteiger partial charge in [-0.2, -0.15) is 0 Å². The lowest BCUT2D eigenvalue weighted by Crippen LogP contribution is -2.29. The third-order valence-electron chi connectivity index (χ3n) is 3.33. The Morgan fingerprint density at radius 1 is 1.25 bits per heavy atom. The predicted octanol–water partition coefficient (Wildman–Crippen LogP) is 2.04. The van der Waals surface area contributed by atoms with Gasteiger partial charge < -0.3 is 4.42 Å². The first-order valence-electron chi connectivity index (χ1n) is 6.65. The van der Waals surface area contributed by atoms with Crippen LogP contribution in [0.25, 0.3) is 0 Å². The number of carbonyl (C=O) groups is 1. The van der Waals surface area contributed by atoms with Crippen LogP contribution in [0.5, 0.6) is 0 Å². The molecule has 2 heterocycles. The van der Waals surface area contributed by atoms with Crippen LogP contribution in [0.1, 0.15) is 58.9 Å². The molecule has 0 unspecified atom stereocenters. The van der Waals surface area contributed by atoms with E-state index in [1.807, 2.05) is 0 Å². The average Bonchev–Trinajstić information content (AvgIpc) is 3.39. The molecule has 2 N–H and O–H groups in total. The van der Waals surface area contributed by atoms with Crippen LogP contribution in [-0.2, 0) is 0 Å². The van der Waals surface area contributed by atoms with Gasteiger partial charge in [0, 0.05) is 11.8 Å². The molecule has 2 fully saturated rings. The van der Waals surface area contributed by atoms with Crippen LogP contribution in [0.3, 0.4) is 0 Å². The maximum Gasteiger partial charge on any atom is 0.291 e. The average molecular weight is 291 g/mol. The number of hydrogen-bond donors (Lipinski definition) is 2. The van der Waals surface area contributed by atoms with Crippen molar-refractivity contribution in [1.82, 2.24) is 20.6 Å². The fourth-order valence-electron chi connectivity index (χ4n) is 1.86. The van der Waals surface area contributed by atoms with Crippen LogP contribution in [0.4, 0.5) is 5.13 Å². The standard InChI is InChI=1S/C12H13N5O2S/c18-9(8-5-19-10(13-8)6-1-2-6)14-16-12-17-15-11(20-12)7-3-4-7/h5-7H,1-4H2,(H,14,18)(H,16,17). The van der Waals surface area contributed by atoms with E-state index in [9.17, 15) is 4.79 Å². The van der Waals surface area contributed by atoms with Crippen LogP contribution in [0, 0.1) is 0 Å². The van der Waals surface area contributed by atoms with Crippen LogP contribution in [0.2, 0.25) is 0 Å². The zero-order valence-electron chi connectivity index (χ0n) is 10.6. The molecule has 2 aliphatic carbocycles. The SMILES string of the molecule is O=C(NNc1nnc(C2CC2)s1)c1coc(C2CC2)n1. The van der Waals surface area contributed by atoms with Gasteiger partial charge in [-0.3, -0.25) is 15.6 Å². The van der Waals surface area contributed by atoms with E-state index >= 15 is 0 Å². The zero-order chi connectivity index (χ0) is 13.5. The minimum absolute atomic E-state index is 0.284. The first kappa shape index (κ1) is 11.8. The van der Waals surface area contributed by atoms with Gasteiger partial charge in [0.25, 0.3) is 5.91 Å². The minimum Gasteiger partial charge on any atom is -0.448 e. The molecule has 2 aromatic rings. The summed E-state index contributed by atoms with van der Waals surface area (Å²) in [6.45, 7) is 0. The van der Waals surface area contributed by atoms with E-state index in [0.717, 1.165) is 17.8 Å². The molecule has 7 nitrogen and oxygen atoms in total. The number of amides is 1. The summed E-state index contributed by atoms with van der Waals surface area (Å²) in [6, 6.07) is 0. The van der Waals surface area contributed by atoms with Gasteiger partial charge in [-0.15, -0.1) is 10.2 Å². The number of rotatable bonds is 5. The van der Waals surface area contributed by atoms with Crippen molar-refractivity contribution in [2.75, 3.05) is 5.43 Å². The number of hydrogen-bond acceptors (Lipinski definition) is 7. The molecule has 0 atom stereocenters. The lowest BCUT2D eigenvalue weighted by molar-refractivity contribution is 0.0957. The van der Waals surface area contributed by atoms with E-state index in [-0.39, 0.29) is 11.6 Å². The third kappa shape index (κ3) is 2.38. The summed E-state index contributed by atoms with van der Waals surface area (Å²) >= 11 is 1.47. The monoisotopic (exact) mass is 291 g/mol. The molecular formula is C12H13N5O2S. The van der Waals surface area contributed by atoms with Gasteiger partial charge in [0.1, 0.15) is 11.3 Å². The molecule has 104 valence electrons. The van der Waals surface area contributed by atoms with Crippen molar-refractivity contribution in [3.63, 3.8) is 0 Å². The molecule has 2 aliphatic rings. The normalized spacial score (nSPS) is 18.0. The van der Waals surface area contributed by atoms with Crippen molar-refractivity contribution in [2.45, 2.75) is 37.5 Å². The van der Waals surface area contributed by atoms with Crippen LogP contribution in [-0.4, -0.2) is 21.1 Å². The van der Waals surface area contributed by atoms with Crippen molar-refractivity contribution in [3.05, 3.63) is 22.9 Å². The second-order valence-corrected chi connectivity index (χ2v) is 6.15. The molecular weight excluding hydrogens is 278 g/mol. The van der Waals surface area contributed by atoms with Gasteiger partial charge in [-0.25, -0.2) is 4.98 Å². The second-order valence-electron chi connectivity index (χ2n) is 5.14. The smallest absolute Gasteiger partial charge is 0.291 e. The highest BCUT2D eigenvalue weighted by molar-refractivity contribution is 7.15. The number of anilines is 1. The maximum atomic E-state index is 11.9. The largest absolute Gasteiger partial charge is 0.448 e. The molecule has 4 rings (SSSR count). The molecule has 0 radical (unpaired) electrons. The summed E-state index contributed by atoms with van der Waals surface area (Å²) < 4.78 is 5.28. The number of nitrogens with one attached hydrogen (secondary N) is 2. The van der Waals surface area contributed by atoms with Crippen molar-refractivity contribution in [2.24, 2.45) is 0 Å². The number of hydrazine groups is 1. The predicted molar refractivity (Wildman–Crippen MR) is 71.5 cm³/mol. The molecule has 0 saturated heterocycles. The van der Waals surface area contributed by atoms with Gasteiger partial charge in [0.05, 0.1) is 0 Å². The first-order valence-corrected chi connectivity index (χ1v) is 7.46. The molecule has 0 aromatic carbocycles. The van der Waals surface area contributed by atoms with Crippen molar-refractivity contribution in [3.8, 4) is 0 Å². The molecule has 1 amide bonds. The van der Waals surface area contributed by atoms with Gasteiger partial charge in [0.15, 0.2) is 11.6 Å². The Bertz CT molecular complexity index is 644. The Morgan fingerprint density at radius 3 is 2.80 bits per heavy atom. The fraction of sp³-hybridized carbons (Fsp3) is 0.500. The van der Waals surface area contributed by atoms with E-state index in [1.165, 1.54) is 30.4 Å². The third-order valence-corrected chi connectivity index (χ3v) is 4.33. The summed E-state index contributed by atoms with van der Waals surface area (Å²) in [7, 11) is 0. The Balaban J connectivity index is 1.36. The highest BCUT2D eigenvalue weighted by atomic mass is 32.1. The number of carbonyl (C=O) groups excluding carboxylic acids is 1. The lowest BCUT2D eigenvalue weighted by atomic mass is 10.4. The lowest BCUT2D eigenvalue weighted by Gasteiger charge is -2.01. The van der Waals surface area contributed by atoms with Crippen molar-refractivity contribution in [1.29, 1.82) is 0 Å². The molecule has 2 saturated carbocycles. The molecule has 0 aliphatic heterocycles. The minimum atomic E-state index is -0.330. The highest BCUT2D eigenvalue weighted by Gasteiger charge is 2.30. The van der Waals surface area contributed by atoms with Crippen molar-refractivity contribution >= 4 is 22.4 Å². The van der Waals surface area contributed by atoms with E-state index in [1.54, 1.807) is 0 Å². The van der Waals surface area contributed by atoms with Gasteiger partial charge in [0.2, 0.25) is 5.13 Å². The van der Waals surface area contributed by atoms with Crippen LogP contribution < -0.4 is 10.9 Å². The van der Waals surface area contributed by atoms with Gasteiger partial charge in [-0.1, -0.05) is 11.3 Å². The summed E-state index contributed by atoms with van der Waals surface area (Å²) in [6.07, 6.45) is 5.94. The quantitative estimate of drug-likeness (QED) is 0.819. The Hall–Kier alpha value is -1.96. The summed E-state index contributed by atoms with van der Waals surface area (Å²) in [5.74, 6) is 1.29. The van der Waals surface area contributed by atoms with E-state index in [4.69, 9.17) is 4.42 Å². The summed E-state index contributed by atoms with van der Waals surface area (Å²) in [5.41, 5.74) is 5.60. The van der Waals surface area contributed by atoms with E-state index < -0.39 is 0 Å². The van der Waals surface area contributed by atoms with Crippen LogP contribution >= 0.6 is 11.3 Å². The Kier molecular flexibility index (Phi) is 2.69. The highest BCUT2D eigenvalue weighted by Crippen LogP contribution is 2.42. The topological polar surface area (TPSA) is 92.9 Å². The second kappa shape index (κ2) is 4.55. The van der Waals surface area contributed by atoms with Crippen molar-refractivity contribution < 1.29 is 9.21 Å². The fourth-order valence-corrected chi connectivity index (χ4v) is 2.73. The van der Waals surface area contributed by atoms with E-state index in [2.05, 4.69) is 26.0 Å². The zero-order valence-corrected chi connectivity index (χ0v) is 11.4.